The van der Waals surface area contributed by atoms with Crippen molar-refractivity contribution in [2.24, 2.45) is 5.92 Å². The highest BCUT2D eigenvalue weighted by Gasteiger charge is 2.54. The first-order valence-corrected chi connectivity index (χ1v) is 7.42. The van der Waals surface area contributed by atoms with E-state index in [0.29, 0.717) is 12.0 Å². The molecule has 1 aromatic carbocycles. The van der Waals surface area contributed by atoms with Gasteiger partial charge in [0.1, 0.15) is 11.4 Å². The van der Waals surface area contributed by atoms with E-state index in [1.54, 1.807) is 18.2 Å². The van der Waals surface area contributed by atoms with Crippen molar-refractivity contribution < 1.29 is 14.0 Å². The SMILES string of the molecule is CC1CCCC[C@@]12NC(=O)N(Cc1ccccc1F)C2=O. The lowest BCUT2D eigenvalue weighted by molar-refractivity contribution is -0.134. The van der Waals surface area contributed by atoms with Gasteiger partial charge in [-0.1, -0.05) is 38.0 Å². The number of benzene rings is 1. The summed E-state index contributed by atoms with van der Waals surface area (Å²) in [5, 5.41) is 2.87. The van der Waals surface area contributed by atoms with Crippen molar-refractivity contribution in [2.75, 3.05) is 0 Å². The predicted octanol–water partition coefficient (Wildman–Crippen LogP) is 2.83. The Kier molecular flexibility index (Phi) is 3.43. The minimum Gasteiger partial charge on any atom is -0.323 e. The smallest absolute Gasteiger partial charge is 0.323 e. The first kappa shape index (κ1) is 14.0. The molecule has 0 radical (unpaired) electrons. The predicted molar refractivity (Wildman–Crippen MR) is 75.8 cm³/mol. The first-order chi connectivity index (χ1) is 10.0. The fourth-order valence-electron chi connectivity index (χ4n) is 3.44. The van der Waals surface area contributed by atoms with E-state index in [-0.39, 0.29) is 18.4 Å². The summed E-state index contributed by atoms with van der Waals surface area (Å²) in [7, 11) is 0. The van der Waals surface area contributed by atoms with Gasteiger partial charge < -0.3 is 5.32 Å². The normalized spacial score (nSPS) is 29.0. The van der Waals surface area contributed by atoms with Gasteiger partial charge in [0, 0.05) is 5.56 Å². The van der Waals surface area contributed by atoms with Crippen LogP contribution >= 0.6 is 0 Å². The van der Waals surface area contributed by atoms with Gasteiger partial charge >= 0.3 is 6.03 Å². The number of nitrogens with one attached hydrogen (secondary N) is 1. The summed E-state index contributed by atoms with van der Waals surface area (Å²) in [5.41, 5.74) is -0.415. The van der Waals surface area contributed by atoms with E-state index < -0.39 is 17.4 Å². The van der Waals surface area contributed by atoms with Gasteiger partial charge in [-0.2, -0.15) is 0 Å². The summed E-state index contributed by atoms with van der Waals surface area (Å²) in [4.78, 5) is 26.1. The van der Waals surface area contributed by atoms with Crippen molar-refractivity contribution in [2.45, 2.75) is 44.7 Å². The van der Waals surface area contributed by atoms with Crippen LogP contribution in [-0.2, 0) is 11.3 Å². The Morgan fingerprint density at radius 1 is 1.33 bits per heavy atom. The molecule has 4 nitrogen and oxygen atoms in total. The molecule has 2 fully saturated rings. The minimum atomic E-state index is -0.777. The molecular weight excluding hydrogens is 271 g/mol. The Morgan fingerprint density at radius 3 is 2.81 bits per heavy atom. The molecular formula is C16H19FN2O2. The number of rotatable bonds is 2. The van der Waals surface area contributed by atoms with Crippen molar-refractivity contribution in [1.29, 1.82) is 0 Å². The van der Waals surface area contributed by atoms with E-state index in [1.807, 2.05) is 6.92 Å². The highest BCUT2D eigenvalue weighted by Crippen LogP contribution is 2.38. The maximum absolute atomic E-state index is 13.7. The topological polar surface area (TPSA) is 49.4 Å². The van der Waals surface area contributed by atoms with Crippen LogP contribution in [0.15, 0.2) is 24.3 Å². The second kappa shape index (κ2) is 5.13. The number of carbonyl (C=O) groups excluding carboxylic acids is 2. The summed E-state index contributed by atoms with van der Waals surface area (Å²) in [6.07, 6.45) is 3.62. The van der Waals surface area contributed by atoms with Gasteiger partial charge in [-0.3, -0.25) is 9.69 Å². The fourth-order valence-corrected chi connectivity index (χ4v) is 3.44. The van der Waals surface area contributed by atoms with Crippen molar-refractivity contribution in [3.05, 3.63) is 35.6 Å². The van der Waals surface area contributed by atoms with Crippen LogP contribution in [0.5, 0.6) is 0 Å². The van der Waals surface area contributed by atoms with Crippen LogP contribution in [0.25, 0.3) is 0 Å². The molecule has 1 aromatic rings. The average molecular weight is 290 g/mol. The second-order valence-electron chi connectivity index (χ2n) is 6.03. The monoisotopic (exact) mass is 290 g/mol. The van der Waals surface area contributed by atoms with Crippen LogP contribution in [0.2, 0.25) is 0 Å². The van der Waals surface area contributed by atoms with Crippen LogP contribution in [-0.4, -0.2) is 22.4 Å². The Hall–Kier alpha value is -1.91. The highest BCUT2D eigenvalue weighted by molar-refractivity contribution is 6.07. The Morgan fingerprint density at radius 2 is 2.10 bits per heavy atom. The number of hydrogen-bond donors (Lipinski definition) is 1. The number of imide groups is 1. The summed E-state index contributed by atoms with van der Waals surface area (Å²) in [5.74, 6) is -0.480. The zero-order chi connectivity index (χ0) is 15.0. The number of urea groups is 1. The van der Waals surface area contributed by atoms with E-state index in [0.717, 1.165) is 24.2 Å². The highest BCUT2D eigenvalue weighted by atomic mass is 19.1. The quantitative estimate of drug-likeness (QED) is 0.851. The van der Waals surface area contributed by atoms with Gasteiger partial charge in [-0.05, 0) is 24.8 Å². The molecule has 0 aromatic heterocycles. The van der Waals surface area contributed by atoms with Crippen LogP contribution in [0.3, 0.4) is 0 Å². The van der Waals surface area contributed by atoms with E-state index in [1.165, 1.54) is 6.07 Å². The molecule has 5 heteroatoms. The molecule has 2 atom stereocenters. The zero-order valence-corrected chi connectivity index (χ0v) is 12.1. The molecule has 0 bridgehead atoms. The number of nitrogens with zero attached hydrogens (tertiary/aromatic N) is 1. The lowest BCUT2D eigenvalue weighted by Crippen LogP contribution is -2.53. The van der Waals surface area contributed by atoms with Gasteiger partial charge in [0.2, 0.25) is 0 Å². The molecule has 1 aliphatic carbocycles. The van der Waals surface area contributed by atoms with E-state index in [2.05, 4.69) is 5.32 Å². The fraction of sp³-hybridized carbons (Fsp3) is 0.500. The van der Waals surface area contributed by atoms with E-state index in [9.17, 15) is 14.0 Å². The molecule has 1 unspecified atom stereocenters. The van der Waals surface area contributed by atoms with Gasteiger partial charge in [0.05, 0.1) is 6.54 Å². The first-order valence-electron chi connectivity index (χ1n) is 7.42. The third-order valence-electron chi connectivity index (χ3n) is 4.79. The Balaban J connectivity index is 1.86. The number of hydrogen-bond acceptors (Lipinski definition) is 2. The lowest BCUT2D eigenvalue weighted by Gasteiger charge is -2.36. The largest absolute Gasteiger partial charge is 0.325 e. The molecule has 21 heavy (non-hydrogen) atoms. The molecule has 1 N–H and O–H groups in total. The molecule has 1 spiro atoms. The van der Waals surface area contributed by atoms with Gasteiger partial charge in [0.25, 0.3) is 5.91 Å². The summed E-state index contributed by atoms with van der Waals surface area (Å²) in [6.45, 7) is 2.00. The lowest BCUT2D eigenvalue weighted by atomic mass is 9.73. The minimum absolute atomic E-state index is 0.00813. The number of halogens is 1. The standard InChI is InChI=1S/C16H19FN2O2/c1-11-6-4-5-9-16(11)14(20)19(15(21)18-16)10-12-7-2-3-8-13(12)17/h2-3,7-8,11H,4-6,9-10H2,1H3,(H,18,21)/t11?,16-/m1/s1. The molecule has 112 valence electrons. The van der Waals surface area contributed by atoms with Crippen molar-refractivity contribution in [3.8, 4) is 0 Å². The Labute approximate surface area is 123 Å². The molecule has 1 saturated carbocycles. The van der Waals surface area contributed by atoms with E-state index in [4.69, 9.17) is 0 Å². The third-order valence-corrected chi connectivity index (χ3v) is 4.79. The maximum Gasteiger partial charge on any atom is 0.325 e. The van der Waals surface area contributed by atoms with Gasteiger partial charge in [-0.15, -0.1) is 0 Å². The van der Waals surface area contributed by atoms with Gasteiger partial charge in [-0.25, -0.2) is 9.18 Å². The molecule has 3 amide bonds. The van der Waals surface area contributed by atoms with Crippen LogP contribution in [0.4, 0.5) is 9.18 Å². The summed E-state index contributed by atoms with van der Waals surface area (Å²) >= 11 is 0. The zero-order valence-electron chi connectivity index (χ0n) is 12.1. The summed E-state index contributed by atoms with van der Waals surface area (Å²) in [6, 6.07) is 5.83. The number of carbonyl (C=O) groups is 2. The van der Waals surface area contributed by atoms with Crippen molar-refractivity contribution in [3.63, 3.8) is 0 Å². The molecule has 1 saturated heterocycles. The molecule has 3 rings (SSSR count). The summed E-state index contributed by atoms with van der Waals surface area (Å²) < 4.78 is 13.7. The van der Waals surface area contributed by atoms with Crippen LogP contribution < -0.4 is 5.32 Å². The average Bonchev–Trinajstić information content (AvgIpc) is 2.70. The maximum atomic E-state index is 13.7. The molecule has 1 heterocycles. The number of amides is 3. The van der Waals surface area contributed by atoms with Crippen molar-refractivity contribution in [1.82, 2.24) is 10.2 Å². The third kappa shape index (κ3) is 2.20. The van der Waals surface area contributed by atoms with E-state index >= 15 is 0 Å². The molecule has 2 aliphatic rings. The Bertz CT molecular complexity index is 589. The molecule has 1 aliphatic heterocycles. The van der Waals surface area contributed by atoms with Crippen LogP contribution in [0.1, 0.15) is 38.2 Å². The second-order valence-corrected chi connectivity index (χ2v) is 6.03. The van der Waals surface area contributed by atoms with Crippen molar-refractivity contribution >= 4 is 11.9 Å². The van der Waals surface area contributed by atoms with Gasteiger partial charge in [0.15, 0.2) is 0 Å². The van der Waals surface area contributed by atoms with Crippen LogP contribution in [0, 0.1) is 11.7 Å².